The van der Waals surface area contributed by atoms with Gasteiger partial charge in [-0.3, -0.25) is 4.28 Å². The molecule has 0 fully saturated rings. The Hall–Kier alpha value is -4.02. The third-order valence-corrected chi connectivity index (χ3v) is 8.42. The highest BCUT2D eigenvalue weighted by Gasteiger charge is 2.25. The quantitative estimate of drug-likeness (QED) is 0.315. The van der Waals surface area contributed by atoms with Crippen molar-refractivity contribution in [2.45, 2.75) is 21.1 Å². The highest BCUT2D eigenvalue weighted by atomic mass is 32.2. The molecule has 0 radical (unpaired) electrons. The van der Waals surface area contributed by atoms with Crippen LogP contribution in [0.5, 0.6) is 0 Å². The van der Waals surface area contributed by atoms with E-state index >= 15 is 0 Å². The Balaban J connectivity index is 1.60. The maximum atomic E-state index is 12.6. The zero-order chi connectivity index (χ0) is 27.9. The van der Waals surface area contributed by atoms with Crippen molar-refractivity contribution in [2.75, 3.05) is 0 Å². The molecule has 15 heteroatoms. The molecule has 0 aliphatic heterocycles. The van der Waals surface area contributed by atoms with Crippen LogP contribution in [0.2, 0.25) is 0 Å². The molecular formula is C24H21N3O9S3. The van der Waals surface area contributed by atoms with Gasteiger partial charge in [-0.2, -0.15) is 25.3 Å². The molecule has 0 heterocycles. The lowest BCUT2D eigenvalue weighted by Crippen LogP contribution is -2.33. The maximum absolute atomic E-state index is 12.6. The summed E-state index contributed by atoms with van der Waals surface area (Å²) >= 11 is 0. The van der Waals surface area contributed by atoms with Gasteiger partial charge in [-0.1, -0.05) is 71.9 Å². The molecule has 39 heavy (non-hydrogen) atoms. The van der Waals surface area contributed by atoms with E-state index in [0.717, 1.165) is 0 Å². The van der Waals surface area contributed by atoms with Crippen molar-refractivity contribution in [3.05, 3.63) is 115 Å². The van der Waals surface area contributed by atoms with Crippen molar-refractivity contribution in [1.29, 1.82) is 0 Å². The number of nitrogens with one attached hydrogen (secondary N) is 2. The largest absolute Gasteiger partial charge is 0.358 e. The fraction of sp³-hybridized carbons (Fsp3) is 0.0417. The number of allylic oxidation sites excluding steroid dienone is 2. The van der Waals surface area contributed by atoms with E-state index in [2.05, 4.69) is 16.1 Å². The lowest BCUT2D eigenvalue weighted by atomic mass is 10.1. The molecule has 2 N–H and O–H groups in total. The van der Waals surface area contributed by atoms with Crippen molar-refractivity contribution >= 4 is 36.1 Å². The van der Waals surface area contributed by atoms with Crippen LogP contribution < -0.4 is 11.0 Å². The molecule has 204 valence electrons. The Labute approximate surface area is 225 Å². The maximum Gasteiger partial charge on any atom is 0.358 e. The predicted molar refractivity (Wildman–Crippen MR) is 139 cm³/mol. The van der Waals surface area contributed by atoms with Gasteiger partial charge in [-0.25, -0.2) is 11.0 Å². The number of nitrogens with zero attached hydrogens (tertiary/aromatic N) is 1. The second kappa shape index (κ2) is 11.8. The van der Waals surface area contributed by atoms with Crippen LogP contribution in [0.15, 0.2) is 134 Å². The van der Waals surface area contributed by atoms with E-state index in [0.29, 0.717) is 0 Å². The van der Waals surface area contributed by atoms with Gasteiger partial charge in [-0.05, 0) is 42.8 Å². The molecule has 0 atom stereocenters. The van der Waals surface area contributed by atoms with Gasteiger partial charge in [0.15, 0.2) is 5.71 Å². The summed E-state index contributed by atoms with van der Waals surface area (Å²) in [6.45, 7) is 0. The Bertz CT molecular complexity index is 1630. The van der Waals surface area contributed by atoms with E-state index < -0.39 is 30.4 Å². The topological polar surface area (TPSA) is 167 Å². The van der Waals surface area contributed by atoms with Crippen LogP contribution in [0, 0.1) is 0 Å². The van der Waals surface area contributed by atoms with Crippen LogP contribution in [0.25, 0.3) is 0 Å². The van der Waals surface area contributed by atoms with Crippen LogP contribution in [0.1, 0.15) is 6.42 Å². The minimum Gasteiger partial charge on any atom is -0.264 e. The molecule has 12 nitrogen and oxygen atoms in total. The van der Waals surface area contributed by atoms with Gasteiger partial charge in [0.25, 0.3) is 0 Å². The molecule has 0 aromatic heterocycles. The molecule has 3 aromatic rings. The molecule has 1 aliphatic rings. The highest BCUT2D eigenvalue weighted by molar-refractivity contribution is 7.87. The third kappa shape index (κ3) is 7.10. The lowest BCUT2D eigenvalue weighted by molar-refractivity contribution is 0.233. The number of oxime groups is 1. The third-order valence-electron chi connectivity index (χ3n) is 5.00. The smallest absolute Gasteiger partial charge is 0.264 e. The van der Waals surface area contributed by atoms with E-state index in [1.54, 1.807) is 18.2 Å². The Morgan fingerprint density at radius 2 is 0.897 bits per heavy atom. The Morgan fingerprint density at radius 3 is 1.28 bits per heavy atom. The Kier molecular flexibility index (Phi) is 8.47. The van der Waals surface area contributed by atoms with Gasteiger partial charge in [0, 0.05) is 0 Å². The van der Waals surface area contributed by atoms with Gasteiger partial charge < -0.3 is 0 Å². The second-order valence-corrected chi connectivity index (χ2v) is 12.3. The standard InChI is InChI=1S/C24H21N3O9S3/c28-37(29,19-11-4-1-5-12-19)34-25-22-17-10-18-23(26-35-38(30,31)20-13-6-2-7-14-20)24(22)27-36-39(32,33)21-15-8-3-9-16-21/h1-9,11-18,25-26H,10H2. The zero-order valence-electron chi connectivity index (χ0n) is 19.9. The average Bonchev–Trinajstić information content (AvgIpc) is 2.95. The number of benzene rings is 3. The van der Waals surface area contributed by atoms with Crippen molar-refractivity contribution in [1.82, 2.24) is 11.0 Å². The summed E-state index contributed by atoms with van der Waals surface area (Å²) in [6, 6.07) is 21.6. The summed E-state index contributed by atoms with van der Waals surface area (Å²) in [7, 11) is -13.0. The van der Waals surface area contributed by atoms with Gasteiger partial charge >= 0.3 is 30.4 Å². The van der Waals surface area contributed by atoms with E-state index in [4.69, 9.17) is 12.9 Å². The summed E-state index contributed by atoms with van der Waals surface area (Å²) in [4.78, 5) is -0.504. The van der Waals surface area contributed by atoms with Gasteiger partial charge in [-0.15, -0.1) is 8.57 Å². The molecule has 1 aliphatic carbocycles. The molecule has 3 aromatic carbocycles. The van der Waals surface area contributed by atoms with Crippen molar-refractivity contribution < 1.29 is 38.1 Å². The first-order valence-electron chi connectivity index (χ1n) is 11.1. The van der Waals surface area contributed by atoms with E-state index in [1.165, 1.54) is 84.9 Å². The van der Waals surface area contributed by atoms with Crippen LogP contribution in [0.4, 0.5) is 0 Å². The van der Waals surface area contributed by atoms with E-state index in [-0.39, 0.29) is 38.2 Å². The first kappa shape index (κ1) is 28.0. The second-order valence-electron chi connectivity index (χ2n) is 7.66. The first-order valence-corrected chi connectivity index (χ1v) is 15.3. The van der Waals surface area contributed by atoms with Crippen LogP contribution in [-0.4, -0.2) is 31.0 Å². The molecule has 4 rings (SSSR count). The van der Waals surface area contributed by atoms with Crippen LogP contribution in [0.3, 0.4) is 0 Å². The molecule has 0 saturated carbocycles. The number of hydrogen-bond donors (Lipinski definition) is 2. The van der Waals surface area contributed by atoms with Crippen LogP contribution in [-0.2, 0) is 43.2 Å². The molecule has 0 saturated heterocycles. The predicted octanol–water partition coefficient (Wildman–Crippen LogP) is 2.74. The number of hydroxylamine groups is 2. The summed E-state index contributed by atoms with van der Waals surface area (Å²) in [6.07, 6.45) is 2.95. The summed E-state index contributed by atoms with van der Waals surface area (Å²) in [5.41, 5.74) is 3.80. The normalized spacial score (nSPS) is 14.1. The first-order chi connectivity index (χ1) is 18.6. The monoisotopic (exact) mass is 591 g/mol. The van der Waals surface area contributed by atoms with E-state index in [1.807, 2.05) is 0 Å². The fourth-order valence-corrected chi connectivity index (χ4v) is 5.42. The molecule has 0 bridgehead atoms. The summed E-state index contributed by atoms with van der Waals surface area (Å²) < 4.78 is 90.2. The fourth-order valence-electron chi connectivity index (χ4n) is 3.10. The van der Waals surface area contributed by atoms with Crippen molar-refractivity contribution in [3.8, 4) is 0 Å². The van der Waals surface area contributed by atoms with Crippen molar-refractivity contribution in [3.63, 3.8) is 0 Å². The Morgan fingerprint density at radius 1 is 0.538 bits per heavy atom. The van der Waals surface area contributed by atoms with Gasteiger partial charge in [0.2, 0.25) is 0 Å². The number of hydrogen-bond acceptors (Lipinski definition) is 12. The van der Waals surface area contributed by atoms with Gasteiger partial charge in [0.1, 0.15) is 4.90 Å². The summed E-state index contributed by atoms with van der Waals surface area (Å²) in [5.74, 6) is 0. The molecule has 0 amide bonds. The summed E-state index contributed by atoms with van der Waals surface area (Å²) in [5, 5.41) is 3.66. The lowest BCUT2D eigenvalue weighted by Gasteiger charge is -2.19. The molecular weight excluding hydrogens is 570 g/mol. The number of rotatable bonds is 11. The highest BCUT2D eigenvalue weighted by Crippen LogP contribution is 2.19. The zero-order valence-corrected chi connectivity index (χ0v) is 22.3. The molecule has 0 unspecified atom stereocenters. The van der Waals surface area contributed by atoms with E-state index in [9.17, 15) is 25.3 Å². The molecule has 0 spiro atoms. The average molecular weight is 592 g/mol. The van der Waals surface area contributed by atoms with Crippen LogP contribution >= 0.6 is 0 Å². The minimum atomic E-state index is -4.39. The minimum absolute atomic E-state index is 0.124. The van der Waals surface area contributed by atoms with Crippen molar-refractivity contribution in [2.24, 2.45) is 5.16 Å². The SMILES string of the molecule is O=S(=O)(ON=C1C(NOS(=O)(=O)c2ccccc2)=CCC=C1NOS(=O)(=O)c1ccccc1)c1ccccc1. The van der Waals surface area contributed by atoms with Gasteiger partial charge in [0.05, 0.1) is 21.2 Å².